The van der Waals surface area contributed by atoms with E-state index in [2.05, 4.69) is 202 Å². The van der Waals surface area contributed by atoms with Gasteiger partial charge in [0.05, 0.1) is 0 Å². The van der Waals surface area contributed by atoms with Gasteiger partial charge in [0.15, 0.2) is 0 Å². The van der Waals surface area contributed by atoms with Crippen molar-refractivity contribution in [2.45, 2.75) is 0 Å². The summed E-state index contributed by atoms with van der Waals surface area (Å²) in [4.78, 5) is 24.6. The SMILES string of the molecule is c1ccc(N2c3cc4c(cc3B3c5cncnc5N(c5ccccc5)c5cccc2c53)B2c3ccccc3N(c3ccccc3)c3ccnc(c32)N4c2ccccc2)cc1. The van der Waals surface area contributed by atoms with Gasteiger partial charge in [0, 0.05) is 69.3 Å². The first kappa shape index (κ1) is 33.1. The molecule has 0 N–H and O–H groups in total. The third kappa shape index (κ3) is 4.60. The second-order valence-corrected chi connectivity index (χ2v) is 15.7. The summed E-state index contributed by atoms with van der Waals surface area (Å²) in [5.74, 6) is 1.83. The molecule has 6 heterocycles. The zero-order valence-corrected chi connectivity index (χ0v) is 32.3. The zero-order valence-electron chi connectivity index (χ0n) is 32.3. The molecule has 60 heavy (non-hydrogen) atoms. The molecule has 2 aromatic heterocycles. The molecule has 0 unspecified atom stereocenters. The molecule has 0 bridgehead atoms. The number of fused-ring (bicyclic) bond motifs is 8. The van der Waals surface area contributed by atoms with Crippen LogP contribution in [-0.2, 0) is 0 Å². The van der Waals surface area contributed by atoms with Crippen LogP contribution < -0.4 is 52.4 Å². The second-order valence-electron chi connectivity index (χ2n) is 15.7. The van der Waals surface area contributed by atoms with Crippen LogP contribution in [0.2, 0.25) is 0 Å². The molecule has 7 nitrogen and oxygen atoms in total. The van der Waals surface area contributed by atoms with Crippen LogP contribution in [0.25, 0.3) is 0 Å². The van der Waals surface area contributed by atoms with Crippen molar-refractivity contribution in [2.75, 3.05) is 19.6 Å². The van der Waals surface area contributed by atoms with E-state index in [1.807, 2.05) is 12.4 Å². The monoisotopic (exact) mass is 765 g/mol. The molecule has 0 fully saturated rings. The minimum atomic E-state index is -0.132. The molecular formula is C51H33B2N7. The lowest BCUT2D eigenvalue weighted by molar-refractivity contribution is 1.12. The summed E-state index contributed by atoms with van der Waals surface area (Å²) in [7, 11) is 0. The number of benzene rings is 7. The smallest absolute Gasteiger partial charge is 0.256 e. The molecule has 4 aliphatic heterocycles. The van der Waals surface area contributed by atoms with E-state index < -0.39 is 0 Å². The molecule has 9 heteroatoms. The van der Waals surface area contributed by atoms with Gasteiger partial charge in [0.25, 0.3) is 13.4 Å². The Morgan fingerprint density at radius 2 is 0.817 bits per heavy atom. The van der Waals surface area contributed by atoms with Crippen LogP contribution in [0.15, 0.2) is 201 Å². The standard InChI is InChI=1S/C51H33B2N7/c1-5-16-34(17-6-1)57-42-25-14-13-24-38(42)52-40-30-39-46(31-47(40)60(37-22-11-4-12-23-37)51-49(52)45(57)28-29-55-51)58(35-18-7-2-8-19-35)43-26-15-27-44-48(43)53(39)41-32-54-33-56-50(41)59(44)36-20-9-3-10-21-36/h1-33H. The number of rotatable bonds is 4. The Morgan fingerprint density at radius 1 is 0.333 bits per heavy atom. The number of hydrogen-bond donors (Lipinski definition) is 0. The number of pyridine rings is 1. The lowest BCUT2D eigenvalue weighted by Gasteiger charge is -2.46. The van der Waals surface area contributed by atoms with E-state index in [1.54, 1.807) is 6.33 Å². The summed E-state index contributed by atoms with van der Waals surface area (Å²) < 4.78 is 0. The number of nitrogens with zero attached hydrogens (tertiary/aromatic N) is 7. The van der Waals surface area contributed by atoms with Crippen LogP contribution in [0, 0.1) is 0 Å². The van der Waals surface area contributed by atoms with Gasteiger partial charge in [-0.1, -0.05) is 103 Å². The van der Waals surface area contributed by atoms with Crippen LogP contribution in [0.5, 0.6) is 0 Å². The van der Waals surface area contributed by atoms with Crippen molar-refractivity contribution >= 4 is 115 Å². The summed E-state index contributed by atoms with van der Waals surface area (Å²) in [5.41, 5.74) is 18.3. The fourth-order valence-electron chi connectivity index (χ4n) is 10.3. The molecule has 0 spiro atoms. The van der Waals surface area contributed by atoms with Crippen molar-refractivity contribution in [3.05, 3.63) is 201 Å². The quantitative estimate of drug-likeness (QED) is 0.168. The lowest BCUT2D eigenvalue weighted by atomic mass is 9.30. The van der Waals surface area contributed by atoms with E-state index in [1.165, 1.54) is 33.0 Å². The molecule has 0 atom stereocenters. The highest BCUT2D eigenvalue weighted by Gasteiger charge is 2.48. The third-order valence-electron chi connectivity index (χ3n) is 12.6. The van der Waals surface area contributed by atoms with Crippen LogP contribution in [0.4, 0.5) is 68.5 Å². The van der Waals surface area contributed by atoms with E-state index in [9.17, 15) is 0 Å². The van der Waals surface area contributed by atoms with Gasteiger partial charge in [-0.05, 0) is 112 Å². The Kier molecular flexibility index (Phi) is 7.06. The molecule has 13 rings (SSSR count). The summed E-state index contributed by atoms with van der Waals surface area (Å²) in [6.45, 7) is -0.218. The molecule has 0 amide bonds. The highest BCUT2D eigenvalue weighted by atomic mass is 15.2. The normalized spacial score (nSPS) is 13.8. The minimum absolute atomic E-state index is 0.0853. The fraction of sp³-hybridized carbons (Fsp3) is 0. The van der Waals surface area contributed by atoms with Crippen molar-refractivity contribution in [1.82, 2.24) is 15.0 Å². The molecule has 0 radical (unpaired) electrons. The average molecular weight is 765 g/mol. The summed E-state index contributed by atoms with van der Waals surface area (Å²) >= 11 is 0. The molecule has 0 saturated heterocycles. The first-order chi connectivity index (χ1) is 29.8. The molecule has 0 saturated carbocycles. The lowest BCUT2D eigenvalue weighted by Crippen LogP contribution is -2.65. The van der Waals surface area contributed by atoms with Gasteiger partial charge in [-0.25, -0.2) is 15.0 Å². The number of para-hydroxylation sites is 5. The van der Waals surface area contributed by atoms with Gasteiger partial charge >= 0.3 is 0 Å². The Bertz CT molecular complexity index is 2940. The van der Waals surface area contributed by atoms with Crippen molar-refractivity contribution in [3.8, 4) is 0 Å². The van der Waals surface area contributed by atoms with E-state index >= 15 is 0 Å². The van der Waals surface area contributed by atoms with Crippen molar-refractivity contribution in [1.29, 1.82) is 0 Å². The van der Waals surface area contributed by atoms with Gasteiger partial charge in [0.2, 0.25) is 0 Å². The number of hydrogen-bond acceptors (Lipinski definition) is 7. The van der Waals surface area contributed by atoms with E-state index in [-0.39, 0.29) is 13.4 Å². The van der Waals surface area contributed by atoms with Crippen LogP contribution in [0.3, 0.4) is 0 Å². The van der Waals surface area contributed by atoms with Gasteiger partial charge in [-0.2, -0.15) is 0 Å². The van der Waals surface area contributed by atoms with Gasteiger partial charge in [-0.15, -0.1) is 0 Å². The van der Waals surface area contributed by atoms with Crippen LogP contribution in [-0.4, -0.2) is 28.4 Å². The average Bonchev–Trinajstić information content (AvgIpc) is 3.32. The van der Waals surface area contributed by atoms with Crippen molar-refractivity contribution < 1.29 is 0 Å². The third-order valence-corrected chi connectivity index (χ3v) is 12.6. The highest BCUT2D eigenvalue weighted by molar-refractivity contribution is 7.03. The molecule has 0 aliphatic carbocycles. The molecule has 9 aromatic rings. The predicted octanol–water partition coefficient (Wildman–Crippen LogP) is 8.04. The maximum absolute atomic E-state index is 5.28. The van der Waals surface area contributed by atoms with E-state index in [4.69, 9.17) is 15.0 Å². The van der Waals surface area contributed by atoms with Gasteiger partial charge < -0.3 is 9.80 Å². The Labute approximate surface area is 348 Å². The van der Waals surface area contributed by atoms with E-state index in [0.29, 0.717) is 0 Å². The topological polar surface area (TPSA) is 51.6 Å². The number of anilines is 12. The Balaban J connectivity index is 1.14. The molecule has 7 aromatic carbocycles. The maximum Gasteiger partial charge on any atom is 0.256 e. The zero-order chi connectivity index (χ0) is 39.3. The summed E-state index contributed by atoms with van der Waals surface area (Å²) in [5, 5.41) is 0. The maximum atomic E-state index is 5.28. The molecular weight excluding hydrogens is 732 g/mol. The van der Waals surface area contributed by atoms with Crippen molar-refractivity contribution in [3.63, 3.8) is 0 Å². The van der Waals surface area contributed by atoms with E-state index in [0.717, 1.165) is 68.3 Å². The predicted molar refractivity (Wildman–Crippen MR) is 248 cm³/mol. The van der Waals surface area contributed by atoms with Crippen molar-refractivity contribution in [2.24, 2.45) is 0 Å². The minimum Gasteiger partial charge on any atom is -0.311 e. The Morgan fingerprint density at radius 3 is 1.47 bits per heavy atom. The van der Waals surface area contributed by atoms with Crippen LogP contribution in [0.1, 0.15) is 0 Å². The van der Waals surface area contributed by atoms with Gasteiger partial charge in [-0.3, -0.25) is 9.80 Å². The van der Waals surface area contributed by atoms with Crippen LogP contribution >= 0.6 is 0 Å². The first-order valence-corrected chi connectivity index (χ1v) is 20.4. The number of aromatic nitrogens is 3. The van der Waals surface area contributed by atoms with Gasteiger partial charge in [0.1, 0.15) is 18.0 Å². The summed E-state index contributed by atoms with van der Waals surface area (Å²) in [6.07, 6.45) is 5.68. The molecule has 278 valence electrons. The second kappa shape index (κ2) is 12.8. The fourth-order valence-corrected chi connectivity index (χ4v) is 10.3. The Hall–Kier alpha value is -7.90. The summed E-state index contributed by atoms with van der Waals surface area (Å²) in [6, 6.07) is 65.5. The first-order valence-electron chi connectivity index (χ1n) is 20.4. The molecule has 4 aliphatic rings. The highest BCUT2D eigenvalue weighted by Crippen LogP contribution is 2.47. The largest absolute Gasteiger partial charge is 0.311 e.